The third-order valence-electron chi connectivity index (χ3n) is 4.97. The van der Waals surface area contributed by atoms with E-state index in [0.29, 0.717) is 12.2 Å². The van der Waals surface area contributed by atoms with Gasteiger partial charge in [0.15, 0.2) is 0 Å². The van der Waals surface area contributed by atoms with Gasteiger partial charge in [-0.3, -0.25) is 24.5 Å². The van der Waals surface area contributed by atoms with Crippen LogP contribution in [0.15, 0.2) is 42.5 Å². The summed E-state index contributed by atoms with van der Waals surface area (Å²) in [5, 5.41) is 16.0. The van der Waals surface area contributed by atoms with Crippen molar-refractivity contribution in [3.63, 3.8) is 0 Å². The van der Waals surface area contributed by atoms with E-state index in [2.05, 4.69) is 10.6 Å². The number of benzene rings is 2. The zero-order valence-corrected chi connectivity index (χ0v) is 16.9. The van der Waals surface area contributed by atoms with Gasteiger partial charge in [-0.05, 0) is 50.2 Å². The number of likely N-dealkylation sites (tertiary alicyclic amines) is 1. The summed E-state index contributed by atoms with van der Waals surface area (Å²) in [6.45, 7) is 4.16. The largest absolute Gasteiger partial charge is 0.339 e. The van der Waals surface area contributed by atoms with Gasteiger partial charge in [-0.2, -0.15) is 4.39 Å². The third-order valence-corrected chi connectivity index (χ3v) is 4.97. The molecule has 0 spiro atoms. The van der Waals surface area contributed by atoms with Crippen molar-refractivity contribution < 1.29 is 23.7 Å². The standard InChI is InChI=1S/C21H21FN4O5/c1-12(2)25-11-14(9-19(25)27)21(29)23-15-5-3-13(4-6-15)20(28)24-16-7-8-17(22)18(10-16)26(30)31/h3-8,10,12,14H,9,11H2,1-2H3,(H,23,29)(H,24,28). The zero-order valence-electron chi connectivity index (χ0n) is 16.9. The highest BCUT2D eigenvalue weighted by molar-refractivity contribution is 6.05. The van der Waals surface area contributed by atoms with E-state index in [-0.39, 0.29) is 35.5 Å². The van der Waals surface area contributed by atoms with Crippen molar-refractivity contribution in [1.82, 2.24) is 4.90 Å². The Morgan fingerprint density at radius 1 is 1.13 bits per heavy atom. The monoisotopic (exact) mass is 428 g/mol. The third kappa shape index (κ3) is 5.03. The predicted octanol–water partition coefficient (Wildman–Crippen LogP) is 3.18. The number of nitro benzene ring substituents is 1. The summed E-state index contributed by atoms with van der Waals surface area (Å²) in [5.41, 5.74) is 0.0507. The molecule has 0 bridgehead atoms. The van der Waals surface area contributed by atoms with E-state index in [9.17, 15) is 28.9 Å². The fourth-order valence-corrected chi connectivity index (χ4v) is 3.29. The van der Waals surface area contributed by atoms with Crippen LogP contribution in [0.25, 0.3) is 0 Å². The van der Waals surface area contributed by atoms with Crippen molar-refractivity contribution >= 4 is 34.8 Å². The summed E-state index contributed by atoms with van der Waals surface area (Å²) in [4.78, 5) is 48.4. The highest BCUT2D eigenvalue weighted by Gasteiger charge is 2.35. The molecule has 0 aromatic heterocycles. The first-order chi connectivity index (χ1) is 14.7. The van der Waals surface area contributed by atoms with Crippen LogP contribution in [0, 0.1) is 21.8 Å². The van der Waals surface area contributed by atoms with Gasteiger partial charge >= 0.3 is 5.69 Å². The fraction of sp³-hybridized carbons (Fsp3) is 0.286. The number of nitro groups is 1. The van der Waals surface area contributed by atoms with Gasteiger partial charge in [0.1, 0.15) is 0 Å². The van der Waals surface area contributed by atoms with E-state index in [0.717, 1.165) is 12.1 Å². The smallest absolute Gasteiger partial charge is 0.306 e. The van der Waals surface area contributed by atoms with Gasteiger partial charge in [-0.25, -0.2) is 0 Å². The molecular weight excluding hydrogens is 407 g/mol. The number of nitrogens with one attached hydrogen (secondary N) is 2. The van der Waals surface area contributed by atoms with Gasteiger partial charge in [0, 0.05) is 42.0 Å². The Balaban J connectivity index is 1.62. The van der Waals surface area contributed by atoms with Crippen molar-refractivity contribution in [2.24, 2.45) is 5.92 Å². The second-order valence-electron chi connectivity index (χ2n) is 7.48. The van der Waals surface area contributed by atoms with Crippen LogP contribution in [0.1, 0.15) is 30.6 Å². The van der Waals surface area contributed by atoms with Crippen LogP contribution < -0.4 is 10.6 Å². The Morgan fingerprint density at radius 2 is 1.77 bits per heavy atom. The lowest BCUT2D eigenvalue weighted by atomic mass is 10.1. The Hall–Kier alpha value is -3.82. The lowest BCUT2D eigenvalue weighted by Crippen LogP contribution is -2.33. The summed E-state index contributed by atoms with van der Waals surface area (Å²) in [6, 6.07) is 9.12. The molecule has 1 unspecified atom stereocenters. The Bertz CT molecular complexity index is 1040. The number of rotatable bonds is 6. The predicted molar refractivity (Wildman–Crippen MR) is 111 cm³/mol. The van der Waals surface area contributed by atoms with Crippen molar-refractivity contribution in [2.45, 2.75) is 26.3 Å². The Kier molecular flexibility index (Phi) is 6.28. The highest BCUT2D eigenvalue weighted by Crippen LogP contribution is 2.23. The van der Waals surface area contributed by atoms with Crippen LogP contribution in [0.5, 0.6) is 0 Å². The minimum absolute atomic E-state index is 0.0330. The van der Waals surface area contributed by atoms with Gasteiger partial charge in [0.2, 0.25) is 17.6 Å². The minimum Gasteiger partial charge on any atom is -0.339 e. The molecule has 0 radical (unpaired) electrons. The number of hydrogen-bond acceptors (Lipinski definition) is 5. The first-order valence-electron chi connectivity index (χ1n) is 9.61. The molecular formula is C21H21FN4O5. The average Bonchev–Trinajstić information content (AvgIpc) is 3.12. The van der Waals surface area contributed by atoms with Crippen molar-refractivity contribution in [2.75, 3.05) is 17.2 Å². The molecule has 1 saturated heterocycles. The molecule has 1 aliphatic heterocycles. The molecule has 3 amide bonds. The Labute approximate surface area is 177 Å². The molecule has 1 heterocycles. The van der Waals surface area contributed by atoms with E-state index >= 15 is 0 Å². The van der Waals surface area contributed by atoms with Gasteiger partial charge < -0.3 is 15.5 Å². The average molecular weight is 428 g/mol. The summed E-state index contributed by atoms with van der Waals surface area (Å²) >= 11 is 0. The topological polar surface area (TPSA) is 122 Å². The molecule has 9 nitrogen and oxygen atoms in total. The van der Waals surface area contributed by atoms with Crippen LogP contribution in [0.2, 0.25) is 0 Å². The lowest BCUT2D eigenvalue weighted by molar-refractivity contribution is -0.387. The van der Waals surface area contributed by atoms with Gasteiger partial charge in [-0.15, -0.1) is 0 Å². The SMILES string of the molecule is CC(C)N1CC(C(=O)Nc2ccc(C(=O)Nc3ccc(F)c([N+](=O)[O-])c3)cc2)CC1=O. The van der Waals surface area contributed by atoms with Gasteiger partial charge in [0.05, 0.1) is 10.8 Å². The fourth-order valence-electron chi connectivity index (χ4n) is 3.29. The van der Waals surface area contributed by atoms with Gasteiger partial charge in [-0.1, -0.05) is 0 Å². The Morgan fingerprint density at radius 3 is 2.35 bits per heavy atom. The van der Waals surface area contributed by atoms with Crippen LogP contribution in [0.4, 0.5) is 21.5 Å². The first-order valence-corrected chi connectivity index (χ1v) is 9.61. The van der Waals surface area contributed by atoms with Crippen LogP contribution in [-0.4, -0.2) is 40.1 Å². The molecule has 31 heavy (non-hydrogen) atoms. The molecule has 3 rings (SSSR count). The number of nitrogens with zero attached hydrogens (tertiary/aromatic N) is 2. The second-order valence-corrected chi connectivity index (χ2v) is 7.48. The molecule has 2 aromatic rings. The number of carbonyl (C=O) groups is 3. The summed E-state index contributed by atoms with van der Waals surface area (Å²) < 4.78 is 13.4. The summed E-state index contributed by atoms with van der Waals surface area (Å²) in [6.07, 6.45) is 0.161. The highest BCUT2D eigenvalue weighted by atomic mass is 19.1. The number of carbonyl (C=O) groups excluding carboxylic acids is 3. The quantitative estimate of drug-likeness (QED) is 0.541. The molecule has 162 valence electrons. The number of anilines is 2. The molecule has 2 aromatic carbocycles. The van der Waals surface area contributed by atoms with Crippen molar-refractivity contribution in [1.29, 1.82) is 0 Å². The van der Waals surface area contributed by atoms with Crippen LogP contribution in [-0.2, 0) is 9.59 Å². The first kappa shape index (κ1) is 21.9. The molecule has 2 N–H and O–H groups in total. The molecule has 0 saturated carbocycles. The molecule has 10 heteroatoms. The van der Waals surface area contributed by atoms with Crippen LogP contribution in [0.3, 0.4) is 0 Å². The van der Waals surface area contributed by atoms with Gasteiger partial charge in [0.25, 0.3) is 5.91 Å². The van der Waals surface area contributed by atoms with E-state index in [1.165, 1.54) is 30.3 Å². The molecule has 0 aliphatic carbocycles. The molecule has 1 aliphatic rings. The van der Waals surface area contributed by atoms with Crippen molar-refractivity contribution in [3.05, 3.63) is 64.0 Å². The summed E-state index contributed by atoms with van der Waals surface area (Å²) in [7, 11) is 0. The number of halogens is 1. The summed E-state index contributed by atoms with van der Waals surface area (Å²) in [5.74, 6) is -2.31. The molecule has 1 atom stereocenters. The maximum absolute atomic E-state index is 13.4. The van der Waals surface area contributed by atoms with E-state index in [1.54, 1.807) is 4.90 Å². The normalized spacial score (nSPS) is 15.8. The van der Waals surface area contributed by atoms with E-state index < -0.39 is 28.3 Å². The van der Waals surface area contributed by atoms with E-state index in [4.69, 9.17) is 0 Å². The van der Waals surface area contributed by atoms with Crippen LogP contribution >= 0.6 is 0 Å². The number of amides is 3. The maximum Gasteiger partial charge on any atom is 0.306 e. The zero-order chi connectivity index (χ0) is 22.7. The number of hydrogen-bond donors (Lipinski definition) is 2. The van der Waals surface area contributed by atoms with E-state index in [1.807, 2.05) is 13.8 Å². The molecule has 1 fully saturated rings. The lowest BCUT2D eigenvalue weighted by Gasteiger charge is -2.20. The maximum atomic E-state index is 13.4. The van der Waals surface area contributed by atoms with Crippen molar-refractivity contribution in [3.8, 4) is 0 Å². The minimum atomic E-state index is -0.997. The second kappa shape index (κ2) is 8.90.